The van der Waals surface area contributed by atoms with Crippen molar-refractivity contribution in [1.29, 1.82) is 0 Å². The molecule has 0 radical (unpaired) electrons. The van der Waals surface area contributed by atoms with Crippen molar-refractivity contribution < 1.29 is 14.7 Å². The minimum absolute atomic E-state index is 0.167. The van der Waals surface area contributed by atoms with Gasteiger partial charge in [-0.15, -0.1) is 5.10 Å². The van der Waals surface area contributed by atoms with Crippen LogP contribution in [-0.2, 0) is 11.2 Å². The Bertz CT molecular complexity index is 680. The summed E-state index contributed by atoms with van der Waals surface area (Å²) in [5, 5.41) is 19.0. The first-order valence-electron chi connectivity index (χ1n) is 6.19. The van der Waals surface area contributed by atoms with Crippen molar-refractivity contribution in [3.8, 4) is 0 Å². The van der Waals surface area contributed by atoms with Crippen LogP contribution < -0.4 is 5.32 Å². The average Bonchev–Trinajstić information content (AvgIpc) is 2.84. The predicted molar refractivity (Wildman–Crippen MR) is 69.4 cm³/mol. The second kappa shape index (κ2) is 4.76. The summed E-state index contributed by atoms with van der Waals surface area (Å²) in [5.74, 6) is -1.37. The fourth-order valence-corrected chi connectivity index (χ4v) is 2.28. The van der Waals surface area contributed by atoms with Crippen LogP contribution in [0.1, 0.15) is 28.5 Å². The lowest BCUT2D eigenvalue weighted by molar-refractivity contribution is -0.119. The third-order valence-electron chi connectivity index (χ3n) is 3.31. The largest absolute Gasteiger partial charge is 0.476 e. The third kappa shape index (κ3) is 2.13. The number of fused-ring (bicyclic) bond motifs is 1. The maximum Gasteiger partial charge on any atom is 0.358 e. The normalized spacial score (nSPS) is 18.0. The quantitative estimate of drug-likeness (QED) is 0.853. The summed E-state index contributed by atoms with van der Waals surface area (Å²) in [6, 6.07) is 7.03. The molecule has 2 heterocycles. The molecule has 0 saturated carbocycles. The lowest BCUT2D eigenvalue weighted by Crippen LogP contribution is -2.25. The van der Waals surface area contributed by atoms with Crippen LogP contribution in [0.4, 0.5) is 5.69 Å². The second-order valence-electron chi connectivity index (χ2n) is 4.59. The minimum atomic E-state index is -1.16. The van der Waals surface area contributed by atoms with Gasteiger partial charge in [0, 0.05) is 5.69 Å². The molecule has 1 amide bonds. The summed E-state index contributed by atoms with van der Waals surface area (Å²) in [6.07, 6.45) is 2.54. The summed E-state index contributed by atoms with van der Waals surface area (Å²) in [5.41, 5.74) is 1.68. The number of aryl methyl sites for hydroxylation is 1. The molecule has 1 unspecified atom stereocenters. The summed E-state index contributed by atoms with van der Waals surface area (Å²) in [7, 11) is 0. The van der Waals surface area contributed by atoms with Gasteiger partial charge in [-0.05, 0) is 24.5 Å². The molecule has 1 aromatic heterocycles. The lowest BCUT2D eigenvalue weighted by Gasteiger charge is -2.12. The molecule has 1 atom stereocenters. The Morgan fingerprint density at radius 1 is 1.40 bits per heavy atom. The number of aromatic carboxylic acids is 1. The van der Waals surface area contributed by atoms with Crippen molar-refractivity contribution in [1.82, 2.24) is 15.0 Å². The zero-order valence-corrected chi connectivity index (χ0v) is 10.5. The van der Waals surface area contributed by atoms with Gasteiger partial charge in [0.25, 0.3) is 0 Å². The van der Waals surface area contributed by atoms with Crippen molar-refractivity contribution in [2.24, 2.45) is 0 Å². The number of carbonyl (C=O) groups excluding carboxylic acids is 1. The number of amides is 1. The van der Waals surface area contributed by atoms with Gasteiger partial charge in [0.15, 0.2) is 5.69 Å². The number of hydrogen-bond acceptors (Lipinski definition) is 4. The topological polar surface area (TPSA) is 97.1 Å². The Labute approximate surface area is 114 Å². The molecule has 1 aliphatic rings. The fourth-order valence-electron chi connectivity index (χ4n) is 2.28. The van der Waals surface area contributed by atoms with Gasteiger partial charge in [0.1, 0.15) is 6.04 Å². The average molecular weight is 272 g/mol. The van der Waals surface area contributed by atoms with E-state index in [1.54, 1.807) is 0 Å². The first-order valence-corrected chi connectivity index (χ1v) is 6.19. The van der Waals surface area contributed by atoms with Gasteiger partial charge in [0.2, 0.25) is 5.91 Å². The number of anilines is 1. The van der Waals surface area contributed by atoms with Gasteiger partial charge in [-0.3, -0.25) is 4.79 Å². The predicted octanol–water partition coefficient (Wildman–Crippen LogP) is 1.10. The van der Waals surface area contributed by atoms with Crippen LogP contribution in [0, 0.1) is 0 Å². The molecule has 3 rings (SSSR count). The van der Waals surface area contributed by atoms with Gasteiger partial charge in [0.05, 0.1) is 6.20 Å². The van der Waals surface area contributed by atoms with Gasteiger partial charge >= 0.3 is 5.97 Å². The molecule has 0 spiro atoms. The molecular weight excluding hydrogens is 260 g/mol. The highest BCUT2D eigenvalue weighted by Crippen LogP contribution is 2.26. The van der Waals surface area contributed by atoms with E-state index in [4.69, 9.17) is 5.11 Å². The highest BCUT2D eigenvalue weighted by atomic mass is 16.4. The number of carboxylic acid groups (broad SMARTS) is 1. The van der Waals surface area contributed by atoms with Crippen LogP contribution in [0.15, 0.2) is 30.5 Å². The molecule has 2 N–H and O–H groups in total. The molecule has 0 bridgehead atoms. The van der Waals surface area contributed by atoms with Crippen LogP contribution in [0.3, 0.4) is 0 Å². The smallest absolute Gasteiger partial charge is 0.358 e. The number of nitrogens with zero attached hydrogens (tertiary/aromatic N) is 3. The Morgan fingerprint density at radius 2 is 2.20 bits per heavy atom. The Kier molecular flexibility index (Phi) is 2.94. The molecule has 102 valence electrons. The van der Waals surface area contributed by atoms with E-state index < -0.39 is 12.0 Å². The first kappa shape index (κ1) is 12.3. The molecular formula is C13H12N4O3. The van der Waals surface area contributed by atoms with Crippen molar-refractivity contribution in [2.45, 2.75) is 18.9 Å². The van der Waals surface area contributed by atoms with Crippen molar-refractivity contribution in [3.05, 3.63) is 41.7 Å². The van der Waals surface area contributed by atoms with E-state index in [0.717, 1.165) is 11.3 Å². The zero-order chi connectivity index (χ0) is 14.1. The number of para-hydroxylation sites is 1. The fraction of sp³-hybridized carbons (Fsp3) is 0.231. The third-order valence-corrected chi connectivity index (χ3v) is 3.31. The van der Waals surface area contributed by atoms with E-state index in [1.807, 2.05) is 24.3 Å². The number of hydrogen-bond donors (Lipinski definition) is 2. The van der Waals surface area contributed by atoms with E-state index in [9.17, 15) is 9.59 Å². The van der Waals surface area contributed by atoms with E-state index in [1.165, 1.54) is 10.9 Å². The van der Waals surface area contributed by atoms with Crippen molar-refractivity contribution >= 4 is 17.6 Å². The van der Waals surface area contributed by atoms with Crippen LogP contribution in [0.2, 0.25) is 0 Å². The Balaban J connectivity index is 1.89. The molecule has 20 heavy (non-hydrogen) atoms. The van der Waals surface area contributed by atoms with E-state index in [2.05, 4.69) is 15.6 Å². The molecule has 7 nitrogen and oxygen atoms in total. The van der Waals surface area contributed by atoms with Crippen LogP contribution in [0.5, 0.6) is 0 Å². The SMILES string of the molecule is O=C(O)c1cn(C2CCc3ccccc3NC2=O)nn1. The van der Waals surface area contributed by atoms with Gasteiger partial charge in [-0.1, -0.05) is 23.4 Å². The highest BCUT2D eigenvalue weighted by Gasteiger charge is 2.26. The maximum absolute atomic E-state index is 12.2. The Hall–Kier alpha value is -2.70. The molecule has 0 fully saturated rings. The molecule has 2 aromatic rings. The Morgan fingerprint density at radius 3 is 2.95 bits per heavy atom. The lowest BCUT2D eigenvalue weighted by atomic mass is 10.1. The standard InChI is InChI=1S/C13H12N4O3/c18-12-11(17-7-10(13(19)20)15-16-17)6-5-8-3-1-2-4-9(8)14-12/h1-4,7,11H,5-6H2,(H,14,18)(H,19,20). The molecule has 0 saturated heterocycles. The van der Waals surface area contributed by atoms with Crippen LogP contribution >= 0.6 is 0 Å². The number of aromatic nitrogens is 3. The van der Waals surface area contributed by atoms with E-state index in [0.29, 0.717) is 12.8 Å². The number of nitrogens with one attached hydrogen (secondary N) is 1. The zero-order valence-electron chi connectivity index (χ0n) is 10.5. The molecule has 7 heteroatoms. The van der Waals surface area contributed by atoms with Crippen LogP contribution in [0.25, 0.3) is 0 Å². The van der Waals surface area contributed by atoms with Gasteiger partial charge < -0.3 is 10.4 Å². The molecule has 1 aliphatic heterocycles. The summed E-state index contributed by atoms with van der Waals surface area (Å²) < 4.78 is 1.31. The number of rotatable bonds is 2. The second-order valence-corrected chi connectivity index (χ2v) is 4.59. The number of carbonyl (C=O) groups is 2. The molecule has 0 aliphatic carbocycles. The van der Waals surface area contributed by atoms with Crippen molar-refractivity contribution in [2.75, 3.05) is 5.32 Å². The number of benzene rings is 1. The molecule has 1 aromatic carbocycles. The first-order chi connectivity index (χ1) is 9.65. The van der Waals surface area contributed by atoms with E-state index >= 15 is 0 Å². The highest BCUT2D eigenvalue weighted by molar-refractivity contribution is 5.95. The van der Waals surface area contributed by atoms with Crippen molar-refractivity contribution in [3.63, 3.8) is 0 Å². The number of carboxylic acids is 1. The summed E-state index contributed by atoms with van der Waals surface area (Å²) in [6.45, 7) is 0. The van der Waals surface area contributed by atoms with Gasteiger partial charge in [-0.2, -0.15) is 0 Å². The van der Waals surface area contributed by atoms with Gasteiger partial charge in [-0.25, -0.2) is 9.48 Å². The van der Waals surface area contributed by atoms with Crippen LogP contribution in [-0.4, -0.2) is 32.0 Å². The maximum atomic E-state index is 12.2. The summed E-state index contributed by atoms with van der Waals surface area (Å²) in [4.78, 5) is 23.0. The minimum Gasteiger partial charge on any atom is -0.476 e. The van der Waals surface area contributed by atoms with E-state index in [-0.39, 0.29) is 11.6 Å². The summed E-state index contributed by atoms with van der Waals surface area (Å²) >= 11 is 0. The monoisotopic (exact) mass is 272 g/mol.